The number of halogens is 1. The van der Waals surface area contributed by atoms with Crippen LogP contribution < -0.4 is 0 Å². The van der Waals surface area contributed by atoms with Crippen LogP contribution in [0.15, 0.2) is 24.3 Å². The fourth-order valence-electron chi connectivity index (χ4n) is 2.48. The van der Waals surface area contributed by atoms with Gasteiger partial charge in [0.25, 0.3) is 0 Å². The summed E-state index contributed by atoms with van der Waals surface area (Å²) in [4.78, 5) is 13.7. The molecule has 0 amide bonds. The van der Waals surface area contributed by atoms with E-state index in [0.29, 0.717) is 24.4 Å². The molecule has 0 heterocycles. The minimum atomic E-state index is -0.715. The van der Waals surface area contributed by atoms with Crippen LogP contribution in [0.5, 0.6) is 0 Å². The molecule has 0 aromatic heterocycles. The van der Waals surface area contributed by atoms with Crippen molar-refractivity contribution in [2.24, 2.45) is 5.41 Å². The van der Waals surface area contributed by atoms with E-state index >= 15 is 0 Å². The highest BCUT2D eigenvalue weighted by molar-refractivity contribution is 6.30. The van der Waals surface area contributed by atoms with Crippen molar-refractivity contribution in [1.29, 1.82) is 0 Å². The maximum atomic E-state index is 11.6. The lowest BCUT2D eigenvalue weighted by molar-refractivity contribution is -0.151. The smallest absolute Gasteiger partial charge is 0.310 e. The van der Waals surface area contributed by atoms with Gasteiger partial charge in [0.1, 0.15) is 0 Å². The van der Waals surface area contributed by atoms with E-state index in [1.807, 2.05) is 45.2 Å². The molecular weight excluding hydrogens is 274 g/mol. The third kappa shape index (κ3) is 3.74. The molecule has 0 aliphatic rings. The second-order valence-electron chi connectivity index (χ2n) is 5.44. The van der Waals surface area contributed by atoms with Gasteiger partial charge in [-0.05, 0) is 44.5 Å². The van der Waals surface area contributed by atoms with Crippen molar-refractivity contribution in [3.63, 3.8) is 0 Å². The summed E-state index contributed by atoms with van der Waals surface area (Å²) in [6, 6.07) is 7.85. The zero-order valence-electron chi connectivity index (χ0n) is 12.7. The van der Waals surface area contributed by atoms with Crippen molar-refractivity contribution < 1.29 is 9.90 Å². The number of carboxylic acid groups (broad SMARTS) is 1. The molecule has 4 heteroatoms. The maximum Gasteiger partial charge on any atom is 0.310 e. The first kappa shape index (κ1) is 17.0. The number of hydrogen-bond donors (Lipinski definition) is 1. The fraction of sp³-hybridized carbons (Fsp3) is 0.562. The number of carboxylic acids is 1. The normalized spacial score (nSPS) is 13.5. The molecular formula is C16H24ClNO2. The van der Waals surface area contributed by atoms with E-state index < -0.39 is 11.4 Å². The quantitative estimate of drug-likeness (QED) is 0.819. The predicted molar refractivity (Wildman–Crippen MR) is 83.1 cm³/mol. The van der Waals surface area contributed by atoms with Gasteiger partial charge in [-0.3, -0.25) is 9.69 Å². The minimum Gasteiger partial charge on any atom is -0.481 e. The molecule has 0 aliphatic carbocycles. The van der Waals surface area contributed by atoms with Gasteiger partial charge in [-0.1, -0.05) is 37.6 Å². The first-order chi connectivity index (χ1) is 9.36. The van der Waals surface area contributed by atoms with E-state index in [-0.39, 0.29) is 6.04 Å². The maximum absolute atomic E-state index is 11.6. The second kappa shape index (κ2) is 7.09. The summed E-state index contributed by atoms with van der Waals surface area (Å²) in [6.45, 7) is 6.48. The van der Waals surface area contributed by atoms with Gasteiger partial charge in [0.2, 0.25) is 0 Å². The Morgan fingerprint density at radius 3 is 2.45 bits per heavy atom. The minimum absolute atomic E-state index is 0.130. The summed E-state index contributed by atoms with van der Waals surface area (Å²) in [7, 11) is 1.97. The van der Waals surface area contributed by atoms with Gasteiger partial charge in [0, 0.05) is 17.6 Å². The molecule has 0 bridgehead atoms. The molecule has 112 valence electrons. The van der Waals surface area contributed by atoms with Crippen LogP contribution in [0.1, 0.15) is 45.2 Å². The van der Waals surface area contributed by atoms with E-state index in [1.165, 1.54) is 0 Å². The average molecular weight is 298 g/mol. The highest BCUT2D eigenvalue weighted by atomic mass is 35.5. The van der Waals surface area contributed by atoms with E-state index in [4.69, 9.17) is 11.6 Å². The molecule has 1 aromatic rings. The number of aliphatic carboxylic acids is 1. The van der Waals surface area contributed by atoms with Crippen molar-refractivity contribution >= 4 is 17.6 Å². The van der Waals surface area contributed by atoms with Gasteiger partial charge in [-0.15, -0.1) is 0 Å². The van der Waals surface area contributed by atoms with Crippen LogP contribution in [0, 0.1) is 5.41 Å². The number of benzene rings is 1. The van der Waals surface area contributed by atoms with Crippen molar-refractivity contribution in [1.82, 2.24) is 4.90 Å². The lowest BCUT2D eigenvalue weighted by Crippen LogP contribution is -2.41. The van der Waals surface area contributed by atoms with Crippen LogP contribution >= 0.6 is 11.6 Å². The summed E-state index contributed by atoms with van der Waals surface area (Å²) in [6.07, 6.45) is 1.26. The fourth-order valence-corrected chi connectivity index (χ4v) is 2.68. The monoisotopic (exact) mass is 297 g/mol. The van der Waals surface area contributed by atoms with Crippen molar-refractivity contribution in [3.05, 3.63) is 34.9 Å². The standard InChI is InChI=1S/C16H24ClNO2/c1-5-16(6-2,15(19)20)11-18(4)12(3)13-8-7-9-14(17)10-13/h7-10,12H,5-6,11H2,1-4H3,(H,19,20). The highest BCUT2D eigenvalue weighted by Gasteiger charge is 2.36. The van der Waals surface area contributed by atoms with Crippen molar-refractivity contribution in [3.8, 4) is 0 Å². The largest absolute Gasteiger partial charge is 0.481 e. The molecule has 3 nitrogen and oxygen atoms in total. The van der Waals surface area contributed by atoms with Crippen LogP contribution in [-0.4, -0.2) is 29.6 Å². The van der Waals surface area contributed by atoms with Gasteiger partial charge >= 0.3 is 5.97 Å². The molecule has 0 spiro atoms. The molecule has 0 saturated heterocycles. The molecule has 0 radical (unpaired) electrons. The Morgan fingerprint density at radius 1 is 1.40 bits per heavy atom. The Labute approximate surface area is 126 Å². The molecule has 1 N–H and O–H groups in total. The zero-order chi connectivity index (χ0) is 15.3. The average Bonchev–Trinajstić information content (AvgIpc) is 2.43. The Hall–Kier alpha value is -1.06. The SMILES string of the molecule is CCC(CC)(CN(C)C(C)c1cccc(Cl)c1)C(=O)O. The second-order valence-corrected chi connectivity index (χ2v) is 5.88. The number of carbonyl (C=O) groups is 1. The van der Waals surface area contributed by atoms with Crippen molar-refractivity contribution in [2.75, 3.05) is 13.6 Å². The zero-order valence-corrected chi connectivity index (χ0v) is 13.4. The Bertz CT molecular complexity index is 458. The topological polar surface area (TPSA) is 40.5 Å². The number of hydrogen-bond acceptors (Lipinski definition) is 2. The lowest BCUT2D eigenvalue weighted by Gasteiger charge is -2.35. The first-order valence-electron chi connectivity index (χ1n) is 7.05. The molecule has 0 fully saturated rings. The number of rotatable bonds is 7. The van der Waals surface area contributed by atoms with E-state index in [0.717, 1.165) is 5.56 Å². The van der Waals surface area contributed by atoms with E-state index in [9.17, 15) is 9.90 Å². The van der Waals surface area contributed by atoms with Crippen LogP contribution in [0.25, 0.3) is 0 Å². The Kier molecular flexibility index (Phi) is 6.03. The van der Waals surface area contributed by atoms with E-state index in [2.05, 4.69) is 11.8 Å². The highest BCUT2D eigenvalue weighted by Crippen LogP contribution is 2.31. The van der Waals surface area contributed by atoms with Crippen molar-refractivity contribution in [2.45, 2.75) is 39.7 Å². The summed E-state index contributed by atoms with van der Waals surface area (Å²) in [5.74, 6) is -0.715. The van der Waals surface area contributed by atoms with Gasteiger partial charge in [-0.2, -0.15) is 0 Å². The first-order valence-corrected chi connectivity index (χ1v) is 7.43. The van der Waals surface area contributed by atoms with Crippen LogP contribution in [0.2, 0.25) is 5.02 Å². The Balaban J connectivity index is 2.89. The molecule has 20 heavy (non-hydrogen) atoms. The van der Waals surface area contributed by atoms with Gasteiger partial charge in [-0.25, -0.2) is 0 Å². The molecule has 1 rings (SSSR count). The number of nitrogens with zero attached hydrogens (tertiary/aromatic N) is 1. The molecule has 1 aromatic carbocycles. The third-order valence-corrected chi connectivity index (χ3v) is 4.59. The van der Waals surface area contributed by atoms with Gasteiger partial charge in [0.05, 0.1) is 5.41 Å². The Morgan fingerprint density at radius 2 is 2.00 bits per heavy atom. The van der Waals surface area contributed by atoms with Gasteiger partial charge in [0.15, 0.2) is 0 Å². The van der Waals surface area contributed by atoms with E-state index in [1.54, 1.807) is 0 Å². The molecule has 1 unspecified atom stereocenters. The summed E-state index contributed by atoms with van der Waals surface area (Å²) >= 11 is 6.02. The summed E-state index contributed by atoms with van der Waals surface area (Å²) in [5.41, 5.74) is 0.424. The summed E-state index contributed by atoms with van der Waals surface area (Å²) in [5, 5.41) is 10.2. The third-order valence-electron chi connectivity index (χ3n) is 4.35. The lowest BCUT2D eigenvalue weighted by atomic mass is 9.81. The predicted octanol–water partition coefficient (Wildman–Crippen LogP) is 4.22. The molecule has 1 atom stereocenters. The molecule has 0 saturated carbocycles. The van der Waals surface area contributed by atoms with Crippen LogP contribution in [-0.2, 0) is 4.79 Å². The van der Waals surface area contributed by atoms with Crippen LogP contribution in [0.3, 0.4) is 0 Å². The summed E-state index contributed by atoms with van der Waals surface area (Å²) < 4.78 is 0. The van der Waals surface area contributed by atoms with Crippen LogP contribution in [0.4, 0.5) is 0 Å². The van der Waals surface area contributed by atoms with Gasteiger partial charge < -0.3 is 5.11 Å². The molecule has 0 aliphatic heterocycles.